The molecule has 0 spiro atoms. The standard InChI is InChI=1S/C5H3NO3S2.Na/c7-5-3-1-10-2-4(3)11(8,9)6-5;/h1-2H,(H,6,7);/q;+1/p-1. The summed E-state index contributed by atoms with van der Waals surface area (Å²) in [5.41, 5.74) is 0.204. The van der Waals surface area contributed by atoms with Crippen molar-refractivity contribution in [2.24, 2.45) is 0 Å². The molecule has 1 aliphatic heterocycles. The first-order chi connectivity index (χ1) is 5.11. The number of sulfonamides is 1. The quantitative estimate of drug-likeness (QED) is 0.465. The van der Waals surface area contributed by atoms with Crippen molar-refractivity contribution in [2.75, 3.05) is 0 Å². The Kier molecular flexibility index (Phi) is 2.65. The van der Waals surface area contributed by atoms with E-state index in [1.165, 1.54) is 22.1 Å². The SMILES string of the molecule is O=C1[N-]S(=O)(=O)c2cscc21.[Na+]. The first-order valence-electron chi connectivity index (χ1n) is 2.70. The molecule has 58 valence electrons. The largest absolute Gasteiger partial charge is 1.00 e. The minimum absolute atomic E-state index is 0. The second-order valence-electron chi connectivity index (χ2n) is 2.02. The second kappa shape index (κ2) is 3.12. The molecule has 7 heteroatoms. The van der Waals surface area contributed by atoms with Gasteiger partial charge in [-0.25, -0.2) is 8.42 Å². The third-order valence-electron chi connectivity index (χ3n) is 1.34. The fourth-order valence-corrected chi connectivity index (χ4v) is 3.10. The van der Waals surface area contributed by atoms with E-state index in [1.54, 1.807) is 0 Å². The fourth-order valence-electron chi connectivity index (χ4n) is 0.848. The molecule has 0 N–H and O–H groups in total. The van der Waals surface area contributed by atoms with Gasteiger partial charge < -0.3 is 9.52 Å². The molecule has 0 unspecified atom stereocenters. The van der Waals surface area contributed by atoms with E-state index in [0.29, 0.717) is 0 Å². The third-order valence-corrected chi connectivity index (χ3v) is 3.53. The summed E-state index contributed by atoms with van der Waals surface area (Å²) in [7, 11) is -3.63. The number of hydrogen-bond acceptors (Lipinski definition) is 4. The van der Waals surface area contributed by atoms with Gasteiger partial charge in [-0.1, -0.05) is 0 Å². The molecule has 0 aromatic carbocycles. The Balaban J connectivity index is 0.000000720. The monoisotopic (exact) mass is 211 g/mol. The van der Waals surface area contributed by atoms with E-state index >= 15 is 0 Å². The number of carbonyl (C=O) groups excluding carboxylic acids is 1. The minimum Gasteiger partial charge on any atom is -0.537 e. The van der Waals surface area contributed by atoms with Crippen LogP contribution in [-0.2, 0) is 10.0 Å². The fraction of sp³-hybridized carbons (Fsp3) is 0. The molecule has 0 radical (unpaired) electrons. The van der Waals surface area contributed by atoms with Gasteiger partial charge in [0.2, 0.25) is 0 Å². The van der Waals surface area contributed by atoms with Crippen LogP contribution in [0.25, 0.3) is 4.72 Å². The van der Waals surface area contributed by atoms with E-state index in [0.717, 1.165) is 0 Å². The topological polar surface area (TPSA) is 65.3 Å². The summed E-state index contributed by atoms with van der Waals surface area (Å²) < 4.78 is 24.9. The zero-order valence-electron chi connectivity index (χ0n) is 6.14. The normalized spacial score (nSPS) is 17.8. The van der Waals surface area contributed by atoms with E-state index in [2.05, 4.69) is 4.72 Å². The average molecular weight is 211 g/mol. The molecule has 0 atom stereocenters. The van der Waals surface area contributed by atoms with Crippen LogP contribution in [0.3, 0.4) is 0 Å². The van der Waals surface area contributed by atoms with Crippen LogP contribution in [-0.4, -0.2) is 14.3 Å². The van der Waals surface area contributed by atoms with Gasteiger partial charge in [-0.05, 0) is 0 Å². The zero-order chi connectivity index (χ0) is 8.06. The van der Waals surface area contributed by atoms with Gasteiger partial charge in [0.15, 0.2) is 0 Å². The predicted molar refractivity (Wildman–Crippen MR) is 39.2 cm³/mol. The summed E-state index contributed by atoms with van der Waals surface area (Å²) >= 11 is 1.19. The van der Waals surface area contributed by atoms with E-state index in [1.807, 2.05) is 0 Å². The van der Waals surface area contributed by atoms with Crippen molar-refractivity contribution in [3.8, 4) is 0 Å². The van der Waals surface area contributed by atoms with Crippen molar-refractivity contribution in [1.82, 2.24) is 0 Å². The van der Waals surface area contributed by atoms with E-state index in [9.17, 15) is 13.2 Å². The number of amides is 1. The Labute approximate surface area is 95.3 Å². The van der Waals surface area contributed by atoms with Gasteiger partial charge in [0.05, 0.1) is 10.8 Å². The Morgan fingerprint density at radius 2 is 2.00 bits per heavy atom. The summed E-state index contributed by atoms with van der Waals surface area (Å²) in [6.45, 7) is 0. The number of hydrogen-bond donors (Lipinski definition) is 0. The van der Waals surface area contributed by atoms with Crippen molar-refractivity contribution in [3.63, 3.8) is 0 Å². The number of fused-ring (bicyclic) bond motifs is 1. The van der Waals surface area contributed by atoms with E-state index in [4.69, 9.17) is 0 Å². The maximum atomic E-state index is 10.9. The Morgan fingerprint density at radius 3 is 2.58 bits per heavy atom. The minimum atomic E-state index is -3.63. The number of thiophene rings is 1. The first kappa shape index (κ1) is 10.2. The number of nitrogens with zero attached hydrogens (tertiary/aromatic N) is 1. The second-order valence-corrected chi connectivity index (χ2v) is 4.34. The maximum absolute atomic E-state index is 10.9. The van der Waals surface area contributed by atoms with Crippen LogP contribution in [0.5, 0.6) is 0 Å². The van der Waals surface area contributed by atoms with Crippen molar-refractivity contribution in [3.05, 3.63) is 21.0 Å². The van der Waals surface area contributed by atoms with Crippen LogP contribution < -0.4 is 29.6 Å². The average Bonchev–Trinajstić information content (AvgIpc) is 2.37. The first-order valence-corrected chi connectivity index (χ1v) is 5.08. The van der Waals surface area contributed by atoms with E-state index < -0.39 is 15.9 Å². The predicted octanol–water partition coefficient (Wildman–Crippen LogP) is -2.03. The van der Waals surface area contributed by atoms with Gasteiger partial charge in [-0.3, -0.25) is 0 Å². The molecule has 0 fully saturated rings. The molecule has 1 aromatic heterocycles. The summed E-state index contributed by atoms with van der Waals surface area (Å²) in [6.07, 6.45) is 0. The Hall–Kier alpha value is 0.120. The molecule has 1 amide bonds. The van der Waals surface area contributed by atoms with Gasteiger partial charge in [0, 0.05) is 16.3 Å². The molecule has 1 aliphatic rings. The van der Waals surface area contributed by atoms with Gasteiger partial charge in [-0.2, -0.15) is 11.3 Å². The molecule has 0 aliphatic carbocycles. The molecule has 4 nitrogen and oxygen atoms in total. The molecule has 0 saturated heterocycles. The van der Waals surface area contributed by atoms with Crippen molar-refractivity contribution < 1.29 is 42.8 Å². The summed E-state index contributed by atoms with van der Waals surface area (Å²) in [6, 6.07) is 0. The molecule has 12 heavy (non-hydrogen) atoms. The van der Waals surface area contributed by atoms with Crippen LogP contribution in [0.15, 0.2) is 15.7 Å². The number of rotatable bonds is 0. The van der Waals surface area contributed by atoms with Crippen LogP contribution in [0.1, 0.15) is 10.4 Å². The summed E-state index contributed by atoms with van der Waals surface area (Å²) in [5, 5.41) is 2.91. The van der Waals surface area contributed by atoms with E-state index in [-0.39, 0.29) is 40.0 Å². The van der Waals surface area contributed by atoms with Crippen LogP contribution in [0, 0.1) is 0 Å². The van der Waals surface area contributed by atoms with Crippen LogP contribution in [0.2, 0.25) is 0 Å². The van der Waals surface area contributed by atoms with Gasteiger partial charge in [0.25, 0.3) is 0 Å². The molecule has 0 saturated carbocycles. The third kappa shape index (κ3) is 1.33. The molecular formula is C5H2NNaO3S2. The summed E-state index contributed by atoms with van der Waals surface area (Å²) in [5.74, 6) is -0.652. The van der Waals surface area contributed by atoms with Crippen LogP contribution >= 0.6 is 11.3 Å². The molecule has 0 bridgehead atoms. The van der Waals surface area contributed by atoms with Crippen molar-refractivity contribution >= 4 is 27.3 Å². The Morgan fingerprint density at radius 1 is 1.33 bits per heavy atom. The van der Waals surface area contributed by atoms with Crippen LogP contribution in [0.4, 0.5) is 0 Å². The Bertz CT molecular complexity index is 422. The van der Waals surface area contributed by atoms with Gasteiger partial charge in [0.1, 0.15) is 10.0 Å². The zero-order valence-corrected chi connectivity index (χ0v) is 9.78. The smallest absolute Gasteiger partial charge is 0.537 e. The van der Waals surface area contributed by atoms with Gasteiger partial charge in [-0.15, -0.1) is 0 Å². The van der Waals surface area contributed by atoms with Gasteiger partial charge >= 0.3 is 29.6 Å². The molecule has 1 aromatic rings. The molecule has 2 rings (SSSR count). The summed E-state index contributed by atoms with van der Waals surface area (Å²) in [4.78, 5) is 10.9. The molecule has 2 heterocycles. The number of carbonyl (C=O) groups is 1. The molecular weight excluding hydrogens is 209 g/mol. The maximum Gasteiger partial charge on any atom is 1.00 e. The van der Waals surface area contributed by atoms with Crippen molar-refractivity contribution in [2.45, 2.75) is 4.90 Å². The van der Waals surface area contributed by atoms with Crippen molar-refractivity contribution in [1.29, 1.82) is 0 Å².